The Balaban J connectivity index is 1.78. The van der Waals surface area contributed by atoms with Gasteiger partial charge in [-0.2, -0.15) is 0 Å². The lowest BCUT2D eigenvalue weighted by Gasteiger charge is -2.09. The van der Waals surface area contributed by atoms with Crippen LogP contribution in [0.15, 0.2) is 84.0 Å². The van der Waals surface area contributed by atoms with E-state index in [0.717, 1.165) is 12.8 Å². The summed E-state index contributed by atoms with van der Waals surface area (Å²) in [6.45, 7) is 0. The molecule has 0 nitrogen and oxygen atoms in total. The lowest BCUT2D eigenvalue weighted by atomic mass is 9.60. The van der Waals surface area contributed by atoms with Crippen LogP contribution in [0.4, 0.5) is 0 Å². The third kappa shape index (κ3) is 2.29. The smallest absolute Gasteiger partial charge is 0.0814 e. The molecule has 0 atom stereocenters. The van der Waals surface area contributed by atoms with Crippen LogP contribution in [0.25, 0.3) is 5.47 Å². The molecular weight excluding hydrogens is 251 g/mol. The van der Waals surface area contributed by atoms with E-state index in [9.17, 15) is 0 Å². The highest BCUT2D eigenvalue weighted by molar-refractivity contribution is 6.74. The summed E-state index contributed by atoms with van der Waals surface area (Å²) in [7, 11) is 2.33. The Bertz CT molecular complexity index is 763. The molecule has 0 aromatic heterocycles. The van der Waals surface area contributed by atoms with E-state index >= 15 is 0 Å². The maximum atomic E-state index is 2.33. The van der Waals surface area contributed by atoms with Crippen LogP contribution >= 0.6 is 0 Å². The van der Waals surface area contributed by atoms with Crippen molar-refractivity contribution in [2.45, 2.75) is 12.8 Å². The number of hydrogen-bond acceptors (Lipinski definition) is 0. The molecule has 1 radical (unpaired) electrons. The Morgan fingerprint density at radius 3 is 2.48 bits per heavy atom. The molecule has 0 N–H and O–H groups in total. The molecule has 21 heavy (non-hydrogen) atoms. The predicted octanol–water partition coefficient (Wildman–Crippen LogP) is 3.87. The summed E-state index contributed by atoms with van der Waals surface area (Å²) in [5.41, 5.74) is 8.46. The van der Waals surface area contributed by atoms with E-state index in [-0.39, 0.29) is 0 Å². The van der Waals surface area contributed by atoms with Crippen molar-refractivity contribution in [3.8, 4) is 0 Å². The van der Waals surface area contributed by atoms with E-state index in [0.29, 0.717) is 0 Å². The molecule has 2 aromatic carbocycles. The minimum atomic E-state index is 1.06. The summed E-state index contributed by atoms with van der Waals surface area (Å²) < 4.78 is 0. The van der Waals surface area contributed by atoms with Gasteiger partial charge in [-0.15, -0.1) is 0 Å². The van der Waals surface area contributed by atoms with Crippen molar-refractivity contribution in [1.82, 2.24) is 0 Å². The van der Waals surface area contributed by atoms with Crippen molar-refractivity contribution in [3.63, 3.8) is 0 Å². The lowest BCUT2D eigenvalue weighted by Crippen LogP contribution is -2.15. The second kappa shape index (κ2) is 5.25. The first-order valence-electron chi connectivity index (χ1n) is 7.49. The van der Waals surface area contributed by atoms with Crippen LogP contribution in [-0.4, -0.2) is 7.28 Å². The van der Waals surface area contributed by atoms with Gasteiger partial charge in [0.15, 0.2) is 7.28 Å². The molecule has 2 aliphatic rings. The predicted molar refractivity (Wildman–Crippen MR) is 90.7 cm³/mol. The third-order valence-corrected chi connectivity index (χ3v) is 4.27. The molecule has 0 heterocycles. The Labute approximate surface area is 126 Å². The molecule has 0 fully saturated rings. The molecule has 2 aromatic rings. The van der Waals surface area contributed by atoms with Gasteiger partial charge in [0.1, 0.15) is 0 Å². The van der Waals surface area contributed by atoms with Gasteiger partial charge in [0.2, 0.25) is 0 Å². The van der Waals surface area contributed by atoms with Gasteiger partial charge < -0.3 is 0 Å². The van der Waals surface area contributed by atoms with Gasteiger partial charge in [0, 0.05) is 0 Å². The van der Waals surface area contributed by atoms with Crippen LogP contribution in [-0.2, 0) is 6.42 Å². The lowest BCUT2D eigenvalue weighted by molar-refractivity contribution is 1.15. The minimum Gasteiger partial charge on any atom is -0.0814 e. The summed E-state index contributed by atoms with van der Waals surface area (Å²) in [6.07, 6.45) is 8.80. The zero-order valence-corrected chi connectivity index (χ0v) is 11.9. The first-order chi connectivity index (χ1) is 10.4. The molecule has 0 aliphatic heterocycles. The van der Waals surface area contributed by atoms with Gasteiger partial charge in [-0.1, -0.05) is 83.8 Å². The number of allylic oxidation sites excluding steroid dienone is 5. The minimum absolute atomic E-state index is 1.06. The monoisotopic (exact) mass is 267 g/mol. The largest absolute Gasteiger partial charge is 0.192 e. The molecule has 0 spiro atoms. The highest BCUT2D eigenvalue weighted by Gasteiger charge is 2.23. The molecule has 2 aliphatic carbocycles. The van der Waals surface area contributed by atoms with Crippen LogP contribution < -0.4 is 5.46 Å². The first-order valence-corrected chi connectivity index (χ1v) is 7.49. The van der Waals surface area contributed by atoms with Gasteiger partial charge in [-0.05, 0) is 35.1 Å². The van der Waals surface area contributed by atoms with Crippen molar-refractivity contribution in [1.29, 1.82) is 0 Å². The average molecular weight is 267 g/mol. The van der Waals surface area contributed by atoms with Crippen LogP contribution in [0.5, 0.6) is 0 Å². The summed E-state index contributed by atoms with van der Waals surface area (Å²) in [5.74, 6) is 0. The topological polar surface area (TPSA) is 0 Å². The standard InChI is InChI=1S/C20H16B/c1-2-11-17(12-3-1)21-20-18-13-7-6-10-16(18)14-19(20)15-8-4-5-9-15/h1-8,10-13H,9,14H2. The number of hydrogen-bond donors (Lipinski definition) is 0. The fourth-order valence-electron chi connectivity index (χ4n) is 3.22. The van der Waals surface area contributed by atoms with Gasteiger partial charge >= 0.3 is 0 Å². The molecule has 0 amide bonds. The molecule has 99 valence electrons. The second-order valence-electron chi connectivity index (χ2n) is 5.61. The van der Waals surface area contributed by atoms with Gasteiger partial charge in [-0.3, -0.25) is 0 Å². The van der Waals surface area contributed by atoms with Gasteiger partial charge in [0.05, 0.1) is 0 Å². The molecule has 0 saturated carbocycles. The SMILES string of the molecule is [B](C1=C(C2=CC=CC2)Cc2ccccc21)c1ccccc1. The summed E-state index contributed by atoms with van der Waals surface area (Å²) in [4.78, 5) is 0. The van der Waals surface area contributed by atoms with Crippen molar-refractivity contribution in [3.05, 3.63) is 95.1 Å². The second-order valence-corrected chi connectivity index (χ2v) is 5.61. The van der Waals surface area contributed by atoms with Crippen LogP contribution in [0.2, 0.25) is 0 Å². The van der Waals surface area contributed by atoms with E-state index in [1.54, 1.807) is 0 Å². The Morgan fingerprint density at radius 2 is 1.67 bits per heavy atom. The molecule has 0 saturated heterocycles. The normalized spacial score (nSPS) is 16.1. The maximum Gasteiger partial charge on any atom is 0.192 e. The Morgan fingerprint density at radius 1 is 0.857 bits per heavy atom. The van der Waals surface area contributed by atoms with Gasteiger partial charge in [0.25, 0.3) is 0 Å². The Kier molecular flexibility index (Phi) is 3.12. The molecule has 1 heteroatoms. The fourth-order valence-corrected chi connectivity index (χ4v) is 3.22. The first kappa shape index (κ1) is 12.5. The number of benzene rings is 2. The number of rotatable bonds is 3. The van der Waals surface area contributed by atoms with Crippen molar-refractivity contribution in [2.75, 3.05) is 0 Å². The molecule has 4 rings (SSSR count). The van der Waals surface area contributed by atoms with E-state index in [1.807, 2.05) is 0 Å². The van der Waals surface area contributed by atoms with Crippen molar-refractivity contribution in [2.24, 2.45) is 0 Å². The van der Waals surface area contributed by atoms with Crippen molar-refractivity contribution >= 4 is 18.2 Å². The quantitative estimate of drug-likeness (QED) is 0.740. The summed E-state index contributed by atoms with van der Waals surface area (Å²) in [5, 5.41) is 0. The molecule has 0 unspecified atom stereocenters. The molecular formula is C20H16B. The molecule has 0 bridgehead atoms. The van der Waals surface area contributed by atoms with E-state index in [4.69, 9.17) is 0 Å². The zero-order valence-electron chi connectivity index (χ0n) is 11.9. The third-order valence-electron chi connectivity index (χ3n) is 4.27. The van der Waals surface area contributed by atoms with Crippen LogP contribution in [0.3, 0.4) is 0 Å². The highest BCUT2D eigenvalue weighted by atomic mass is 14.2. The van der Waals surface area contributed by atoms with E-state index < -0.39 is 0 Å². The van der Waals surface area contributed by atoms with E-state index in [2.05, 4.69) is 80.1 Å². The van der Waals surface area contributed by atoms with E-state index in [1.165, 1.54) is 33.2 Å². The van der Waals surface area contributed by atoms with Gasteiger partial charge in [-0.25, -0.2) is 0 Å². The maximum absolute atomic E-state index is 2.33. The Hall–Kier alpha value is -2.28. The average Bonchev–Trinajstić information content (AvgIpc) is 3.16. The highest BCUT2D eigenvalue weighted by Crippen LogP contribution is 2.37. The zero-order chi connectivity index (χ0) is 14.1. The van der Waals surface area contributed by atoms with Crippen LogP contribution in [0, 0.1) is 0 Å². The number of fused-ring (bicyclic) bond motifs is 1. The fraction of sp³-hybridized carbons (Fsp3) is 0.100. The van der Waals surface area contributed by atoms with Crippen molar-refractivity contribution < 1.29 is 0 Å². The van der Waals surface area contributed by atoms with Crippen LogP contribution in [0.1, 0.15) is 17.5 Å². The summed E-state index contributed by atoms with van der Waals surface area (Å²) >= 11 is 0. The summed E-state index contributed by atoms with van der Waals surface area (Å²) in [6, 6.07) is 19.4.